The predicted octanol–water partition coefficient (Wildman–Crippen LogP) is 0.407. The normalized spacial score (nSPS) is 15.6. The molecule has 0 saturated carbocycles. The molecule has 0 fully saturated rings. The quantitative estimate of drug-likeness (QED) is 0.546. The van der Waals surface area contributed by atoms with Gasteiger partial charge in [-0.2, -0.15) is 0 Å². The van der Waals surface area contributed by atoms with Crippen LogP contribution in [0.3, 0.4) is 0 Å². The summed E-state index contributed by atoms with van der Waals surface area (Å²) < 4.78 is 4.71. The highest BCUT2D eigenvalue weighted by Gasteiger charge is 2.14. The number of aliphatic hydroxyl groups is 1. The molecule has 2 nitrogen and oxygen atoms in total. The Bertz CT molecular complexity index is 128. The zero-order valence-electron chi connectivity index (χ0n) is 6.06. The Kier molecular flexibility index (Phi) is 3.29. The second-order valence-corrected chi connectivity index (χ2v) is 2.08. The van der Waals surface area contributed by atoms with Gasteiger partial charge in [0.15, 0.2) is 0 Å². The Balaban J connectivity index is 3.80. The van der Waals surface area contributed by atoms with Crippen molar-refractivity contribution in [2.45, 2.75) is 19.4 Å². The van der Waals surface area contributed by atoms with E-state index in [1.165, 1.54) is 7.11 Å². The van der Waals surface area contributed by atoms with Crippen LogP contribution >= 0.6 is 0 Å². The molecule has 1 unspecified atom stereocenters. The molecule has 0 aliphatic heterocycles. The van der Waals surface area contributed by atoms with Crippen molar-refractivity contribution in [1.29, 1.82) is 0 Å². The molecule has 0 rings (SSSR count). The maximum atomic E-state index is 9.22. The van der Waals surface area contributed by atoms with Crippen molar-refractivity contribution >= 4 is 0 Å². The van der Waals surface area contributed by atoms with Crippen LogP contribution in [0.5, 0.6) is 0 Å². The summed E-state index contributed by atoms with van der Waals surface area (Å²) in [5.74, 6) is 5.22. The molecule has 0 radical (unpaired) electrons. The maximum absolute atomic E-state index is 9.22. The molecule has 9 heavy (non-hydrogen) atoms. The van der Waals surface area contributed by atoms with Gasteiger partial charge >= 0.3 is 0 Å². The summed E-state index contributed by atoms with van der Waals surface area (Å²) in [6.07, 6.45) is 0. The average Bonchev–Trinajstić information content (AvgIpc) is 1.64. The van der Waals surface area contributed by atoms with E-state index in [4.69, 9.17) is 4.74 Å². The third kappa shape index (κ3) is 4.01. The predicted molar refractivity (Wildman–Crippen MR) is 35.9 cm³/mol. The Labute approximate surface area is 55.8 Å². The number of hydrogen-bond acceptors (Lipinski definition) is 2. The molecule has 0 bridgehead atoms. The Morgan fingerprint density at radius 3 is 2.56 bits per heavy atom. The standard InChI is InChI=1S/C7H12O2/c1-4-5-7(2,8)6-9-3/h8H,6H2,1-3H3. The van der Waals surface area contributed by atoms with Crippen LogP contribution in [0.25, 0.3) is 0 Å². The van der Waals surface area contributed by atoms with Crippen molar-refractivity contribution in [3.63, 3.8) is 0 Å². The summed E-state index contributed by atoms with van der Waals surface area (Å²) in [4.78, 5) is 0. The Morgan fingerprint density at radius 1 is 1.67 bits per heavy atom. The highest BCUT2D eigenvalue weighted by Crippen LogP contribution is 1.99. The van der Waals surface area contributed by atoms with Gasteiger partial charge in [-0.3, -0.25) is 0 Å². The largest absolute Gasteiger partial charge is 0.381 e. The van der Waals surface area contributed by atoms with Gasteiger partial charge in [0.1, 0.15) is 5.60 Å². The summed E-state index contributed by atoms with van der Waals surface area (Å²) >= 11 is 0. The minimum absolute atomic E-state index is 0.258. The lowest BCUT2D eigenvalue weighted by molar-refractivity contribution is 0.0274. The first kappa shape index (κ1) is 8.48. The molecule has 0 spiro atoms. The summed E-state index contributed by atoms with van der Waals surface area (Å²) in [5.41, 5.74) is -0.983. The first-order valence-corrected chi connectivity index (χ1v) is 2.77. The number of hydrogen-bond donors (Lipinski definition) is 1. The van der Waals surface area contributed by atoms with Crippen molar-refractivity contribution in [3.8, 4) is 11.8 Å². The van der Waals surface area contributed by atoms with Gasteiger partial charge in [0.2, 0.25) is 0 Å². The zero-order chi connectivity index (χ0) is 7.33. The summed E-state index contributed by atoms with van der Waals surface area (Å²) in [5, 5.41) is 9.22. The van der Waals surface area contributed by atoms with Crippen molar-refractivity contribution in [2.24, 2.45) is 0 Å². The monoisotopic (exact) mass is 128 g/mol. The molecule has 0 aliphatic rings. The molecular weight excluding hydrogens is 116 g/mol. The van der Waals surface area contributed by atoms with E-state index in [0.29, 0.717) is 0 Å². The smallest absolute Gasteiger partial charge is 0.145 e. The van der Waals surface area contributed by atoms with Gasteiger partial charge in [-0.05, 0) is 13.8 Å². The van der Waals surface area contributed by atoms with Crippen molar-refractivity contribution in [2.75, 3.05) is 13.7 Å². The molecule has 2 heteroatoms. The van der Waals surface area contributed by atoms with Gasteiger partial charge in [-0.15, -0.1) is 5.92 Å². The summed E-state index contributed by atoms with van der Waals surface area (Å²) in [7, 11) is 1.53. The van der Waals surface area contributed by atoms with Crippen molar-refractivity contribution < 1.29 is 9.84 Å². The van der Waals surface area contributed by atoms with E-state index in [1.807, 2.05) is 0 Å². The van der Waals surface area contributed by atoms with E-state index < -0.39 is 5.60 Å². The van der Waals surface area contributed by atoms with Crippen LogP contribution in [0, 0.1) is 11.8 Å². The molecule has 0 aromatic carbocycles. The Hall–Kier alpha value is -0.520. The highest BCUT2D eigenvalue weighted by atomic mass is 16.5. The molecule has 1 atom stereocenters. The topological polar surface area (TPSA) is 29.5 Å². The van der Waals surface area contributed by atoms with E-state index in [1.54, 1.807) is 13.8 Å². The number of rotatable bonds is 2. The van der Waals surface area contributed by atoms with E-state index in [0.717, 1.165) is 0 Å². The number of methoxy groups -OCH3 is 1. The maximum Gasteiger partial charge on any atom is 0.145 e. The van der Waals surface area contributed by atoms with Gasteiger partial charge in [0.05, 0.1) is 6.61 Å². The van der Waals surface area contributed by atoms with E-state index in [2.05, 4.69) is 11.8 Å². The van der Waals surface area contributed by atoms with Crippen LogP contribution < -0.4 is 0 Å². The van der Waals surface area contributed by atoms with Gasteiger partial charge in [0, 0.05) is 7.11 Å². The van der Waals surface area contributed by atoms with Gasteiger partial charge in [-0.25, -0.2) is 0 Å². The third-order valence-electron chi connectivity index (χ3n) is 0.820. The molecule has 52 valence electrons. The molecule has 0 aromatic rings. The third-order valence-corrected chi connectivity index (χ3v) is 0.820. The second kappa shape index (κ2) is 3.49. The van der Waals surface area contributed by atoms with Gasteiger partial charge in [-0.1, -0.05) is 5.92 Å². The fourth-order valence-electron chi connectivity index (χ4n) is 0.586. The fraction of sp³-hybridized carbons (Fsp3) is 0.714. The van der Waals surface area contributed by atoms with Crippen LogP contribution in [-0.2, 0) is 4.74 Å². The van der Waals surface area contributed by atoms with E-state index >= 15 is 0 Å². The first-order chi connectivity index (χ1) is 4.12. The Morgan fingerprint density at radius 2 is 2.22 bits per heavy atom. The van der Waals surface area contributed by atoms with Crippen LogP contribution in [-0.4, -0.2) is 24.4 Å². The van der Waals surface area contributed by atoms with E-state index in [-0.39, 0.29) is 6.61 Å². The number of ether oxygens (including phenoxy) is 1. The minimum atomic E-state index is -0.983. The van der Waals surface area contributed by atoms with Gasteiger partial charge in [0.25, 0.3) is 0 Å². The minimum Gasteiger partial charge on any atom is -0.381 e. The van der Waals surface area contributed by atoms with Crippen molar-refractivity contribution in [1.82, 2.24) is 0 Å². The van der Waals surface area contributed by atoms with Crippen LogP contribution in [0.4, 0.5) is 0 Å². The second-order valence-electron chi connectivity index (χ2n) is 2.08. The summed E-state index contributed by atoms with van der Waals surface area (Å²) in [6, 6.07) is 0. The molecule has 0 heterocycles. The lowest BCUT2D eigenvalue weighted by Gasteiger charge is -2.13. The fourth-order valence-corrected chi connectivity index (χ4v) is 0.586. The molecule has 0 aromatic heterocycles. The molecular formula is C7H12O2. The SMILES string of the molecule is CC#CC(C)(O)COC. The molecule has 0 amide bonds. The zero-order valence-corrected chi connectivity index (χ0v) is 6.06. The highest BCUT2D eigenvalue weighted by molar-refractivity contribution is 5.10. The van der Waals surface area contributed by atoms with Gasteiger partial charge < -0.3 is 9.84 Å². The van der Waals surface area contributed by atoms with Crippen LogP contribution in [0.1, 0.15) is 13.8 Å². The first-order valence-electron chi connectivity index (χ1n) is 2.77. The summed E-state index contributed by atoms with van der Waals surface area (Å²) in [6.45, 7) is 3.56. The molecule has 1 N–H and O–H groups in total. The van der Waals surface area contributed by atoms with E-state index in [9.17, 15) is 5.11 Å². The average molecular weight is 128 g/mol. The van der Waals surface area contributed by atoms with Crippen molar-refractivity contribution in [3.05, 3.63) is 0 Å². The van der Waals surface area contributed by atoms with Crippen LogP contribution in [0.15, 0.2) is 0 Å². The lowest BCUT2D eigenvalue weighted by Crippen LogP contribution is -2.27. The van der Waals surface area contributed by atoms with Crippen LogP contribution in [0.2, 0.25) is 0 Å². The molecule has 0 aliphatic carbocycles. The molecule has 0 saturated heterocycles. The lowest BCUT2D eigenvalue weighted by atomic mass is 10.1.